The van der Waals surface area contributed by atoms with E-state index in [-0.39, 0.29) is 0 Å². The number of rotatable bonds is 1. The van der Waals surface area contributed by atoms with Gasteiger partial charge in [-0.1, -0.05) is 19.1 Å². The van der Waals surface area contributed by atoms with Gasteiger partial charge in [0.05, 0.1) is 6.67 Å². The van der Waals surface area contributed by atoms with Crippen molar-refractivity contribution in [1.82, 2.24) is 10.2 Å². The van der Waals surface area contributed by atoms with Gasteiger partial charge in [-0.25, -0.2) is 0 Å². The van der Waals surface area contributed by atoms with Crippen LogP contribution >= 0.6 is 0 Å². The molecule has 1 N–H and O–H groups in total. The zero-order valence-corrected chi connectivity index (χ0v) is 7.59. The van der Waals surface area contributed by atoms with Gasteiger partial charge in [0.25, 0.3) is 0 Å². The van der Waals surface area contributed by atoms with Crippen molar-refractivity contribution in [1.29, 1.82) is 0 Å². The van der Waals surface area contributed by atoms with E-state index in [1.165, 1.54) is 18.7 Å². The smallest absolute Gasteiger partial charge is 0.0680 e. The Kier molecular flexibility index (Phi) is 2.17. The molecule has 1 heterocycles. The molecule has 0 bridgehead atoms. The highest BCUT2D eigenvalue weighted by molar-refractivity contribution is 5.20. The van der Waals surface area contributed by atoms with Crippen LogP contribution in [0.4, 0.5) is 0 Å². The summed E-state index contributed by atoms with van der Waals surface area (Å²) in [6.07, 6.45) is 7.87. The standard InChI is InChI=1S/C10H16N2/c1-9-4-2-3-5-10(9)12-7-6-11-8-12/h2-3,5,9,11H,4,6-8H2,1H3. The van der Waals surface area contributed by atoms with Gasteiger partial charge in [0.15, 0.2) is 0 Å². The molecular weight excluding hydrogens is 148 g/mol. The highest BCUT2D eigenvalue weighted by Gasteiger charge is 2.19. The molecule has 1 fully saturated rings. The maximum atomic E-state index is 3.35. The second-order valence-electron chi connectivity index (χ2n) is 3.58. The van der Waals surface area contributed by atoms with Crippen molar-refractivity contribution in [3.8, 4) is 0 Å². The molecular formula is C10H16N2. The van der Waals surface area contributed by atoms with Crippen LogP contribution in [0.3, 0.4) is 0 Å². The van der Waals surface area contributed by atoms with Crippen LogP contribution in [0.5, 0.6) is 0 Å². The van der Waals surface area contributed by atoms with E-state index < -0.39 is 0 Å². The summed E-state index contributed by atoms with van der Waals surface area (Å²) in [5.41, 5.74) is 1.50. The Hall–Kier alpha value is -0.760. The highest BCUT2D eigenvalue weighted by atomic mass is 15.3. The third kappa shape index (κ3) is 1.39. The summed E-state index contributed by atoms with van der Waals surface area (Å²) in [5.74, 6) is 0.704. The number of nitrogens with one attached hydrogen (secondary N) is 1. The molecule has 66 valence electrons. The Bertz CT molecular complexity index is 212. The summed E-state index contributed by atoms with van der Waals surface area (Å²) < 4.78 is 0. The van der Waals surface area contributed by atoms with Crippen LogP contribution in [0.25, 0.3) is 0 Å². The summed E-state index contributed by atoms with van der Waals surface area (Å²) in [7, 11) is 0. The molecule has 0 aromatic carbocycles. The second-order valence-corrected chi connectivity index (χ2v) is 3.58. The van der Waals surface area contributed by atoms with E-state index in [0.29, 0.717) is 5.92 Å². The molecule has 0 aromatic rings. The van der Waals surface area contributed by atoms with Gasteiger partial charge in [0.2, 0.25) is 0 Å². The first-order valence-corrected chi connectivity index (χ1v) is 4.70. The molecule has 0 amide bonds. The van der Waals surface area contributed by atoms with Gasteiger partial charge >= 0.3 is 0 Å². The fourth-order valence-electron chi connectivity index (χ4n) is 1.88. The number of nitrogens with zero attached hydrogens (tertiary/aromatic N) is 1. The minimum absolute atomic E-state index is 0.704. The molecule has 1 unspecified atom stereocenters. The van der Waals surface area contributed by atoms with E-state index in [2.05, 4.69) is 35.4 Å². The molecule has 1 atom stereocenters. The zero-order chi connectivity index (χ0) is 8.39. The fourth-order valence-corrected chi connectivity index (χ4v) is 1.88. The maximum absolute atomic E-state index is 3.35. The Morgan fingerprint density at radius 2 is 2.50 bits per heavy atom. The predicted molar refractivity (Wildman–Crippen MR) is 50.6 cm³/mol. The first kappa shape index (κ1) is 7.87. The quantitative estimate of drug-likeness (QED) is 0.629. The van der Waals surface area contributed by atoms with E-state index in [4.69, 9.17) is 0 Å². The van der Waals surface area contributed by atoms with Crippen LogP contribution in [0.2, 0.25) is 0 Å². The van der Waals surface area contributed by atoms with Gasteiger partial charge < -0.3 is 4.90 Å². The predicted octanol–water partition coefficient (Wildman–Crippen LogP) is 1.33. The summed E-state index contributed by atoms with van der Waals surface area (Å²) in [4.78, 5) is 2.44. The molecule has 0 radical (unpaired) electrons. The molecule has 12 heavy (non-hydrogen) atoms. The SMILES string of the molecule is CC1CC=CC=C1N1CCNC1. The first-order valence-electron chi connectivity index (χ1n) is 4.70. The number of hydrogen-bond acceptors (Lipinski definition) is 2. The summed E-state index contributed by atoms with van der Waals surface area (Å²) >= 11 is 0. The lowest BCUT2D eigenvalue weighted by Gasteiger charge is -2.26. The van der Waals surface area contributed by atoms with Crippen LogP contribution in [0.15, 0.2) is 23.9 Å². The Morgan fingerprint density at radius 3 is 3.17 bits per heavy atom. The lowest BCUT2D eigenvalue weighted by atomic mass is 9.98. The average molecular weight is 164 g/mol. The van der Waals surface area contributed by atoms with Gasteiger partial charge in [0.1, 0.15) is 0 Å². The van der Waals surface area contributed by atoms with Gasteiger partial charge in [0, 0.05) is 18.8 Å². The maximum Gasteiger partial charge on any atom is 0.0680 e. The van der Waals surface area contributed by atoms with Crippen molar-refractivity contribution in [2.24, 2.45) is 5.92 Å². The van der Waals surface area contributed by atoms with Crippen molar-refractivity contribution in [2.45, 2.75) is 13.3 Å². The number of hydrogen-bond donors (Lipinski definition) is 1. The Labute approximate surface area is 73.9 Å². The molecule has 2 heteroatoms. The minimum Gasteiger partial charge on any atom is -0.361 e. The van der Waals surface area contributed by atoms with Gasteiger partial charge in [-0.3, -0.25) is 5.32 Å². The molecule has 0 saturated carbocycles. The van der Waals surface area contributed by atoms with Gasteiger partial charge in [-0.2, -0.15) is 0 Å². The van der Waals surface area contributed by atoms with E-state index in [1.54, 1.807) is 0 Å². The van der Waals surface area contributed by atoms with Crippen LogP contribution in [-0.2, 0) is 0 Å². The highest BCUT2D eigenvalue weighted by Crippen LogP contribution is 2.23. The molecule has 0 spiro atoms. The average Bonchev–Trinajstić information content (AvgIpc) is 2.57. The van der Waals surface area contributed by atoms with Gasteiger partial charge in [-0.15, -0.1) is 0 Å². The third-order valence-electron chi connectivity index (χ3n) is 2.62. The van der Waals surface area contributed by atoms with E-state index in [1.807, 2.05) is 0 Å². The summed E-state index contributed by atoms with van der Waals surface area (Å²) in [6, 6.07) is 0. The zero-order valence-electron chi connectivity index (χ0n) is 7.59. The lowest BCUT2D eigenvalue weighted by molar-refractivity contribution is 0.365. The van der Waals surface area contributed by atoms with E-state index in [0.717, 1.165) is 13.2 Å². The Balaban J connectivity index is 2.09. The normalized spacial score (nSPS) is 29.2. The first-order chi connectivity index (χ1) is 5.88. The number of allylic oxidation sites excluding steroid dienone is 4. The summed E-state index contributed by atoms with van der Waals surface area (Å²) in [6.45, 7) is 5.63. The van der Waals surface area contributed by atoms with Gasteiger partial charge in [-0.05, 0) is 18.4 Å². The van der Waals surface area contributed by atoms with E-state index in [9.17, 15) is 0 Å². The molecule has 2 nitrogen and oxygen atoms in total. The molecule has 2 rings (SSSR count). The van der Waals surface area contributed by atoms with Crippen LogP contribution in [0.1, 0.15) is 13.3 Å². The topological polar surface area (TPSA) is 15.3 Å². The lowest BCUT2D eigenvalue weighted by Crippen LogP contribution is -2.25. The second kappa shape index (κ2) is 3.31. The van der Waals surface area contributed by atoms with Crippen molar-refractivity contribution >= 4 is 0 Å². The van der Waals surface area contributed by atoms with Crippen molar-refractivity contribution in [3.05, 3.63) is 23.9 Å². The molecule has 1 saturated heterocycles. The molecule has 1 aliphatic carbocycles. The monoisotopic (exact) mass is 164 g/mol. The molecule has 1 aliphatic heterocycles. The fraction of sp³-hybridized carbons (Fsp3) is 0.600. The van der Waals surface area contributed by atoms with Crippen LogP contribution < -0.4 is 5.32 Å². The van der Waals surface area contributed by atoms with Crippen molar-refractivity contribution in [2.75, 3.05) is 19.8 Å². The van der Waals surface area contributed by atoms with Crippen molar-refractivity contribution in [3.63, 3.8) is 0 Å². The molecule has 2 aliphatic rings. The van der Waals surface area contributed by atoms with Crippen LogP contribution in [-0.4, -0.2) is 24.7 Å². The minimum atomic E-state index is 0.704. The van der Waals surface area contributed by atoms with Crippen molar-refractivity contribution < 1.29 is 0 Å². The summed E-state index contributed by atoms with van der Waals surface area (Å²) in [5, 5.41) is 3.35. The van der Waals surface area contributed by atoms with Crippen LogP contribution in [0, 0.1) is 5.92 Å². The largest absolute Gasteiger partial charge is 0.361 e. The molecule has 0 aromatic heterocycles. The Morgan fingerprint density at radius 1 is 1.58 bits per heavy atom. The van der Waals surface area contributed by atoms with E-state index >= 15 is 0 Å². The third-order valence-corrected chi connectivity index (χ3v) is 2.62.